The van der Waals surface area contributed by atoms with Crippen LogP contribution in [0.2, 0.25) is 0 Å². The van der Waals surface area contributed by atoms with Gasteiger partial charge in [-0.1, -0.05) is 0 Å². The van der Waals surface area contributed by atoms with Gasteiger partial charge in [-0.3, -0.25) is 4.79 Å². The molecule has 1 atom stereocenters. The van der Waals surface area contributed by atoms with Crippen molar-refractivity contribution in [3.05, 3.63) is 40.9 Å². The van der Waals surface area contributed by atoms with Crippen molar-refractivity contribution in [2.75, 3.05) is 19.7 Å². The number of carbonyl (C=O) groups excluding carboxylic acids is 1. The van der Waals surface area contributed by atoms with Gasteiger partial charge in [0.05, 0.1) is 0 Å². The monoisotopic (exact) mass is 338 g/mol. The lowest BCUT2D eigenvalue weighted by molar-refractivity contribution is 0.0616. The first-order chi connectivity index (χ1) is 11.1. The van der Waals surface area contributed by atoms with Gasteiger partial charge in [-0.25, -0.2) is 13.8 Å². The van der Waals surface area contributed by atoms with E-state index in [1.807, 2.05) is 0 Å². The summed E-state index contributed by atoms with van der Waals surface area (Å²) in [7, 11) is 0. The molecule has 0 saturated carbocycles. The summed E-state index contributed by atoms with van der Waals surface area (Å²) < 4.78 is 26.3. The van der Waals surface area contributed by atoms with Crippen molar-refractivity contribution >= 4 is 17.2 Å². The zero-order valence-corrected chi connectivity index (χ0v) is 13.2. The van der Waals surface area contributed by atoms with Crippen LogP contribution in [0.3, 0.4) is 0 Å². The predicted molar refractivity (Wildman–Crippen MR) is 83.2 cm³/mol. The fourth-order valence-corrected chi connectivity index (χ4v) is 3.49. The fraction of sp³-hybridized carbons (Fsp3) is 0.375. The molecule has 7 heteroatoms. The van der Waals surface area contributed by atoms with Crippen LogP contribution in [0.4, 0.5) is 8.78 Å². The Morgan fingerprint density at radius 2 is 2.22 bits per heavy atom. The molecule has 1 aliphatic rings. The van der Waals surface area contributed by atoms with Crippen LogP contribution in [0.25, 0.3) is 10.6 Å². The van der Waals surface area contributed by atoms with E-state index in [1.54, 1.807) is 10.3 Å². The summed E-state index contributed by atoms with van der Waals surface area (Å²) in [5.41, 5.74) is 0.744. The van der Waals surface area contributed by atoms with Gasteiger partial charge in [0.1, 0.15) is 10.7 Å². The second kappa shape index (κ2) is 6.72. The Morgan fingerprint density at radius 3 is 2.96 bits per heavy atom. The van der Waals surface area contributed by atoms with Crippen molar-refractivity contribution < 1.29 is 18.7 Å². The van der Waals surface area contributed by atoms with Crippen LogP contribution in [0.15, 0.2) is 23.6 Å². The molecule has 1 amide bonds. The molecule has 1 unspecified atom stereocenters. The lowest BCUT2D eigenvalue weighted by atomic mass is 9.99. The van der Waals surface area contributed by atoms with Crippen molar-refractivity contribution in [3.8, 4) is 10.6 Å². The number of aliphatic hydroxyl groups is 1. The Morgan fingerprint density at radius 1 is 1.39 bits per heavy atom. The number of hydrogen-bond donors (Lipinski definition) is 1. The molecule has 2 aromatic rings. The van der Waals surface area contributed by atoms with Crippen molar-refractivity contribution in [2.45, 2.75) is 12.8 Å². The van der Waals surface area contributed by atoms with Crippen molar-refractivity contribution in [1.29, 1.82) is 0 Å². The molecule has 0 aliphatic carbocycles. The van der Waals surface area contributed by atoms with Gasteiger partial charge in [0.25, 0.3) is 5.91 Å². The number of carbonyl (C=O) groups is 1. The number of amides is 1. The molecule has 1 aromatic heterocycles. The summed E-state index contributed by atoms with van der Waals surface area (Å²) in [5, 5.41) is 11.3. The molecule has 1 aromatic carbocycles. The van der Waals surface area contributed by atoms with Crippen LogP contribution in [-0.4, -0.2) is 40.6 Å². The van der Waals surface area contributed by atoms with Gasteiger partial charge in [-0.05, 0) is 37.0 Å². The van der Waals surface area contributed by atoms with E-state index in [0.29, 0.717) is 29.4 Å². The smallest absolute Gasteiger partial charge is 0.273 e. The molecule has 122 valence electrons. The summed E-state index contributed by atoms with van der Waals surface area (Å²) in [6.07, 6.45) is 1.77. The van der Waals surface area contributed by atoms with Gasteiger partial charge >= 0.3 is 0 Å². The lowest BCUT2D eigenvalue weighted by Crippen LogP contribution is -2.41. The predicted octanol–water partition coefficient (Wildman–Crippen LogP) is 2.93. The van der Waals surface area contributed by atoms with Gasteiger partial charge in [0, 0.05) is 30.6 Å². The Kier molecular flexibility index (Phi) is 4.68. The van der Waals surface area contributed by atoms with E-state index in [4.69, 9.17) is 0 Å². The largest absolute Gasteiger partial charge is 0.396 e. The first-order valence-electron chi connectivity index (χ1n) is 7.39. The number of piperidine rings is 1. The third-order valence-electron chi connectivity index (χ3n) is 3.95. The normalized spacial score (nSPS) is 18.2. The van der Waals surface area contributed by atoms with Crippen LogP contribution < -0.4 is 0 Å². The zero-order valence-electron chi connectivity index (χ0n) is 12.3. The molecule has 1 aliphatic heterocycles. The number of nitrogens with zero attached hydrogens (tertiary/aromatic N) is 2. The van der Waals surface area contributed by atoms with E-state index < -0.39 is 11.6 Å². The number of benzene rings is 1. The summed E-state index contributed by atoms with van der Waals surface area (Å²) >= 11 is 1.22. The Bertz CT molecular complexity index is 720. The number of halogens is 2. The van der Waals surface area contributed by atoms with Gasteiger partial charge in [0.15, 0.2) is 11.6 Å². The summed E-state index contributed by atoms with van der Waals surface area (Å²) in [6.45, 7) is 1.24. The standard InChI is InChI=1S/C16H16F2N2O2S/c17-12-4-3-11(6-13(12)18)15-19-14(9-23-15)16(22)20-5-1-2-10(7-20)8-21/h3-4,6,9-10,21H,1-2,5,7-8H2. The van der Waals surface area contributed by atoms with E-state index in [9.17, 15) is 18.7 Å². The van der Waals surface area contributed by atoms with E-state index >= 15 is 0 Å². The van der Waals surface area contributed by atoms with Crippen LogP contribution in [0, 0.1) is 17.6 Å². The summed E-state index contributed by atoms with van der Waals surface area (Å²) in [4.78, 5) is 18.4. The highest BCUT2D eigenvalue weighted by Gasteiger charge is 2.25. The van der Waals surface area contributed by atoms with Crippen LogP contribution in [-0.2, 0) is 0 Å². The van der Waals surface area contributed by atoms with Gasteiger partial charge in [-0.2, -0.15) is 0 Å². The maximum atomic E-state index is 13.3. The average molecular weight is 338 g/mol. The molecule has 1 N–H and O–H groups in total. The molecule has 23 heavy (non-hydrogen) atoms. The van der Waals surface area contributed by atoms with Gasteiger partial charge < -0.3 is 10.0 Å². The highest BCUT2D eigenvalue weighted by atomic mass is 32.1. The molecule has 0 spiro atoms. The number of likely N-dealkylation sites (tertiary alicyclic amines) is 1. The molecule has 3 rings (SSSR count). The summed E-state index contributed by atoms with van der Waals surface area (Å²) in [5.74, 6) is -1.93. The average Bonchev–Trinajstić information content (AvgIpc) is 3.06. The van der Waals surface area contributed by atoms with E-state index in [1.165, 1.54) is 17.4 Å². The Hall–Kier alpha value is -1.86. The van der Waals surface area contributed by atoms with Crippen LogP contribution >= 0.6 is 11.3 Å². The summed E-state index contributed by atoms with van der Waals surface area (Å²) in [6, 6.07) is 3.56. The minimum absolute atomic E-state index is 0.0704. The second-order valence-electron chi connectivity index (χ2n) is 5.61. The number of hydrogen-bond acceptors (Lipinski definition) is 4. The Balaban J connectivity index is 1.78. The van der Waals surface area contributed by atoms with E-state index in [2.05, 4.69) is 4.98 Å². The number of thiazole rings is 1. The second-order valence-corrected chi connectivity index (χ2v) is 6.47. The zero-order chi connectivity index (χ0) is 16.4. The molecule has 1 fully saturated rings. The van der Waals surface area contributed by atoms with Gasteiger partial charge in [-0.15, -0.1) is 11.3 Å². The molecule has 2 heterocycles. The number of rotatable bonds is 3. The number of aliphatic hydroxyl groups excluding tert-OH is 1. The van der Waals surface area contributed by atoms with Gasteiger partial charge in [0.2, 0.25) is 0 Å². The third kappa shape index (κ3) is 3.40. The molecule has 0 radical (unpaired) electrons. The SMILES string of the molecule is O=C(c1csc(-c2ccc(F)c(F)c2)n1)N1CCCC(CO)C1. The minimum atomic E-state index is -0.938. The molecular formula is C16H16F2N2O2S. The van der Waals surface area contributed by atoms with E-state index in [-0.39, 0.29) is 18.4 Å². The highest BCUT2D eigenvalue weighted by molar-refractivity contribution is 7.13. The van der Waals surface area contributed by atoms with Crippen molar-refractivity contribution in [2.24, 2.45) is 5.92 Å². The topological polar surface area (TPSA) is 53.4 Å². The van der Waals surface area contributed by atoms with Crippen molar-refractivity contribution in [1.82, 2.24) is 9.88 Å². The quantitative estimate of drug-likeness (QED) is 0.936. The maximum absolute atomic E-state index is 13.3. The highest BCUT2D eigenvalue weighted by Crippen LogP contribution is 2.26. The first kappa shape index (κ1) is 16.0. The van der Waals surface area contributed by atoms with E-state index in [0.717, 1.165) is 25.0 Å². The molecule has 0 bridgehead atoms. The lowest BCUT2D eigenvalue weighted by Gasteiger charge is -2.31. The van der Waals surface area contributed by atoms with Crippen LogP contribution in [0.1, 0.15) is 23.3 Å². The fourth-order valence-electron chi connectivity index (χ4n) is 2.69. The van der Waals surface area contributed by atoms with Crippen molar-refractivity contribution in [3.63, 3.8) is 0 Å². The Labute approximate surface area is 136 Å². The molecular weight excluding hydrogens is 322 g/mol. The third-order valence-corrected chi connectivity index (χ3v) is 4.85. The molecule has 4 nitrogen and oxygen atoms in total. The van der Waals surface area contributed by atoms with Crippen LogP contribution in [0.5, 0.6) is 0 Å². The first-order valence-corrected chi connectivity index (χ1v) is 8.27. The number of aromatic nitrogens is 1. The minimum Gasteiger partial charge on any atom is -0.396 e. The molecule has 1 saturated heterocycles. The maximum Gasteiger partial charge on any atom is 0.273 e.